The smallest absolute Gasteiger partial charge is 0.158 e. The van der Waals surface area contributed by atoms with Crippen molar-refractivity contribution >= 4 is 31.5 Å². The number of aryl methyl sites for hydroxylation is 1. The van der Waals surface area contributed by atoms with Crippen molar-refractivity contribution < 1.29 is 8.42 Å². The SMILES string of the molecule is Cc1cccc(CS(=O)(=O)Cc2ccc(Br)cc2N)c1. The van der Waals surface area contributed by atoms with Gasteiger partial charge in [-0.3, -0.25) is 0 Å². The van der Waals surface area contributed by atoms with Gasteiger partial charge in [-0.2, -0.15) is 0 Å². The summed E-state index contributed by atoms with van der Waals surface area (Å²) >= 11 is 3.31. The van der Waals surface area contributed by atoms with Crippen molar-refractivity contribution in [2.24, 2.45) is 0 Å². The van der Waals surface area contributed by atoms with Crippen LogP contribution in [0.15, 0.2) is 46.9 Å². The molecule has 0 aliphatic carbocycles. The van der Waals surface area contributed by atoms with Gasteiger partial charge in [-0.15, -0.1) is 0 Å². The normalized spacial score (nSPS) is 11.5. The Morgan fingerprint density at radius 2 is 1.85 bits per heavy atom. The first kappa shape index (κ1) is 15.1. The number of hydrogen-bond acceptors (Lipinski definition) is 3. The standard InChI is InChI=1S/C15H16BrNO2S/c1-11-3-2-4-12(7-11)9-20(18,19)10-13-5-6-14(16)8-15(13)17/h2-8H,9-10,17H2,1H3. The third-order valence-corrected chi connectivity index (χ3v) is 4.97. The molecule has 0 spiro atoms. The molecule has 0 unspecified atom stereocenters. The van der Waals surface area contributed by atoms with Gasteiger partial charge in [-0.1, -0.05) is 51.8 Å². The van der Waals surface area contributed by atoms with Gasteiger partial charge in [0.25, 0.3) is 0 Å². The molecule has 2 aromatic rings. The van der Waals surface area contributed by atoms with E-state index in [1.54, 1.807) is 18.2 Å². The molecular formula is C15H16BrNO2S. The fourth-order valence-corrected chi connectivity index (χ4v) is 3.95. The molecule has 0 radical (unpaired) electrons. The number of hydrogen-bond donors (Lipinski definition) is 1. The van der Waals surface area contributed by atoms with Gasteiger partial charge in [0.1, 0.15) is 0 Å². The summed E-state index contributed by atoms with van der Waals surface area (Å²) in [6.45, 7) is 1.95. The van der Waals surface area contributed by atoms with E-state index in [1.165, 1.54) is 0 Å². The lowest BCUT2D eigenvalue weighted by Crippen LogP contribution is -2.09. The summed E-state index contributed by atoms with van der Waals surface area (Å²) in [6, 6.07) is 12.8. The van der Waals surface area contributed by atoms with Crippen LogP contribution >= 0.6 is 15.9 Å². The Labute approximate surface area is 127 Å². The number of anilines is 1. The van der Waals surface area contributed by atoms with E-state index in [4.69, 9.17) is 5.73 Å². The first-order valence-corrected chi connectivity index (χ1v) is 8.77. The zero-order valence-electron chi connectivity index (χ0n) is 11.1. The van der Waals surface area contributed by atoms with Crippen molar-refractivity contribution in [1.82, 2.24) is 0 Å². The van der Waals surface area contributed by atoms with Crippen LogP contribution in [0.1, 0.15) is 16.7 Å². The molecule has 0 heterocycles. The summed E-state index contributed by atoms with van der Waals surface area (Å²) in [5.74, 6) is -0.00968. The highest BCUT2D eigenvalue weighted by Crippen LogP contribution is 2.22. The van der Waals surface area contributed by atoms with Gasteiger partial charge in [0.15, 0.2) is 9.84 Å². The van der Waals surface area contributed by atoms with Crippen molar-refractivity contribution in [2.75, 3.05) is 5.73 Å². The molecule has 20 heavy (non-hydrogen) atoms. The first-order chi connectivity index (χ1) is 9.35. The summed E-state index contributed by atoms with van der Waals surface area (Å²) < 4.78 is 25.3. The van der Waals surface area contributed by atoms with Crippen molar-refractivity contribution in [3.05, 3.63) is 63.6 Å². The zero-order chi connectivity index (χ0) is 14.8. The van der Waals surface area contributed by atoms with Crippen LogP contribution in [0.2, 0.25) is 0 Å². The molecule has 0 atom stereocenters. The second-order valence-electron chi connectivity index (χ2n) is 4.86. The first-order valence-electron chi connectivity index (χ1n) is 6.15. The Bertz CT molecular complexity index is 726. The molecular weight excluding hydrogens is 338 g/mol. The van der Waals surface area contributed by atoms with Gasteiger partial charge in [0, 0.05) is 10.2 Å². The molecule has 2 N–H and O–H groups in total. The molecule has 0 fully saturated rings. The van der Waals surface area contributed by atoms with Gasteiger partial charge in [0.2, 0.25) is 0 Å². The lowest BCUT2D eigenvalue weighted by Gasteiger charge is -2.08. The van der Waals surface area contributed by atoms with E-state index < -0.39 is 9.84 Å². The van der Waals surface area contributed by atoms with Crippen LogP contribution in [0.3, 0.4) is 0 Å². The maximum Gasteiger partial charge on any atom is 0.158 e. The van der Waals surface area contributed by atoms with Crippen LogP contribution in [0.4, 0.5) is 5.69 Å². The minimum atomic E-state index is -3.24. The molecule has 0 aliphatic heterocycles. The molecule has 2 rings (SSSR count). The summed E-state index contributed by atoms with van der Waals surface area (Å²) in [5, 5.41) is 0. The van der Waals surface area contributed by atoms with Crippen LogP contribution in [0.25, 0.3) is 0 Å². The molecule has 2 aromatic carbocycles. The van der Waals surface area contributed by atoms with Gasteiger partial charge in [-0.25, -0.2) is 8.42 Å². The van der Waals surface area contributed by atoms with Gasteiger partial charge in [0.05, 0.1) is 11.5 Å². The summed E-state index contributed by atoms with van der Waals surface area (Å²) in [7, 11) is -3.24. The molecule has 0 saturated heterocycles. The molecule has 106 valence electrons. The van der Waals surface area contributed by atoms with Crippen LogP contribution in [-0.2, 0) is 21.3 Å². The predicted octanol–water partition coefficient (Wildman–Crippen LogP) is 3.45. The minimum Gasteiger partial charge on any atom is -0.398 e. The van der Waals surface area contributed by atoms with E-state index in [-0.39, 0.29) is 11.5 Å². The fourth-order valence-electron chi connectivity index (χ4n) is 2.04. The Hall–Kier alpha value is -1.33. The second-order valence-corrected chi connectivity index (χ2v) is 7.84. The Balaban J connectivity index is 2.19. The highest BCUT2D eigenvalue weighted by Gasteiger charge is 2.15. The Morgan fingerprint density at radius 1 is 1.10 bits per heavy atom. The van der Waals surface area contributed by atoms with Crippen molar-refractivity contribution in [3.8, 4) is 0 Å². The van der Waals surface area contributed by atoms with Crippen molar-refractivity contribution in [3.63, 3.8) is 0 Å². The lowest BCUT2D eigenvalue weighted by atomic mass is 10.2. The number of halogens is 1. The van der Waals surface area contributed by atoms with Crippen molar-refractivity contribution in [2.45, 2.75) is 18.4 Å². The molecule has 0 aromatic heterocycles. The molecule has 0 amide bonds. The number of sulfone groups is 1. The molecule has 3 nitrogen and oxygen atoms in total. The highest BCUT2D eigenvalue weighted by atomic mass is 79.9. The maximum atomic E-state index is 12.3. The van der Waals surface area contributed by atoms with Gasteiger partial charge >= 0.3 is 0 Å². The average Bonchev–Trinajstić information content (AvgIpc) is 2.32. The molecule has 0 bridgehead atoms. The van der Waals surface area contributed by atoms with E-state index in [9.17, 15) is 8.42 Å². The number of benzene rings is 2. The average molecular weight is 354 g/mol. The quantitative estimate of drug-likeness (QED) is 0.856. The predicted molar refractivity (Wildman–Crippen MR) is 86.1 cm³/mol. The maximum absolute atomic E-state index is 12.3. The molecule has 5 heteroatoms. The van der Waals surface area contributed by atoms with Gasteiger partial charge in [-0.05, 0) is 30.2 Å². The second kappa shape index (κ2) is 5.97. The van der Waals surface area contributed by atoms with Crippen LogP contribution in [-0.4, -0.2) is 8.42 Å². The highest BCUT2D eigenvalue weighted by molar-refractivity contribution is 9.10. The van der Waals surface area contributed by atoms with E-state index in [1.807, 2.05) is 31.2 Å². The van der Waals surface area contributed by atoms with Crippen LogP contribution in [0, 0.1) is 6.92 Å². The van der Waals surface area contributed by atoms with E-state index >= 15 is 0 Å². The number of nitrogens with two attached hydrogens (primary N) is 1. The van der Waals surface area contributed by atoms with Crippen molar-refractivity contribution in [1.29, 1.82) is 0 Å². The summed E-state index contributed by atoms with van der Waals surface area (Å²) in [4.78, 5) is 0. The van der Waals surface area contributed by atoms with E-state index in [2.05, 4.69) is 15.9 Å². The van der Waals surface area contributed by atoms with Crippen LogP contribution in [0.5, 0.6) is 0 Å². The summed E-state index contributed by atoms with van der Waals surface area (Å²) in [6.07, 6.45) is 0. The Kier molecular flexibility index (Phi) is 4.50. The minimum absolute atomic E-state index is 0.0319. The monoisotopic (exact) mass is 353 g/mol. The van der Waals surface area contributed by atoms with Crippen LogP contribution < -0.4 is 5.73 Å². The largest absolute Gasteiger partial charge is 0.398 e. The molecule has 0 aliphatic rings. The van der Waals surface area contributed by atoms with E-state index in [0.29, 0.717) is 11.3 Å². The third kappa shape index (κ3) is 4.08. The van der Waals surface area contributed by atoms with E-state index in [0.717, 1.165) is 15.6 Å². The molecule has 0 saturated carbocycles. The van der Waals surface area contributed by atoms with Gasteiger partial charge < -0.3 is 5.73 Å². The fraction of sp³-hybridized carbons (Fsp3) is 0.200. The number of rotatable bonds is 4. The topological polar surface area (TPSA) is 60.2 Å². The Morgan fingerprint density at radius 3 is 2.50 bits per heavy atom. The third-order valence-electron chi connectivity index (χ3n) is 2.95. The lowest BCUT2D eigenvalue weighted by molar-refractivity contribution is 0.594. The number of nitrogen functional groups attached to an aromatic ring is 1. The zero-order valence-corrected chi connectivity index (χ0v) is 13.5. The summed E-state index contributed by atoms with van der Waals surface area (Å²) in [5.41, 5.74) is 8.85.